The van der Waals surface area contributed by atoms with E-state index in [1.54, 1.807) is 0 Å². The van der Waals surface area contributed by atoms with Gasteiger partial charge in [-0.3, -0.25) is 9.69 Å². The summed E-state index contributed by atoms with van der Waals surface area (Å²) in [6, 6.07) is 18.4. The summed E-state index contributed by atoms with van der Waals surface area (Å²) in [5.74, 6) is 0.766. The van der Waals surface area contributed by atoms with E-state index in [2.05, 4.69) is 78.5 Å². The average molecular weight is 555 g/mol. The molecule has 1 amide bonds. The summed E-state index contributed by atoms with van der Waals surface area (Å²) in [5.41, 5.74) is 3.12. The number of nitrogens with one attached hydrogen (secondary N) is 3. The molecule has 9 nitrogen and oxygen atoms in total. The van der Waals surface area contributed by atoms with Gasteiger partial charge in [0.2, 0.25) is 5.91 Å². The van der Waals surface area contributed by atoms with Gasteiger partial charge in [0.15, 0.2) is 5.82 Å². The van der Waals surface area contributed by atoms with Crippen LogP contribution in [0.4, 0.5) is 0 Å². The molecule has 1 spiro atoms. The maximum absolute atomic E-state index is 13.8. The highest BCUT2D eigenvalue weighted by Gasteiger charge is 2.42. The van der Waals surface area contributed by atoms with Gasteiger partial charge < -0.3 is 15.6 Å². The van der Waals surface area contributed by atoms with Gasteiger partial charge in [0.05, 0.1) is 5.54 Å². The van der Waals surface area contributed by atoms with Crippen LogP contribution in [0.3, 0.4) is 0 Å². The predicted molar refractivity (Wildman–Crippen MR) is 160 cm³/mol. The lowest BCUT2D eigenvalue weighted by Crippen LogP contribution is -2.53. The normalized spacial score (nSPS) is 21.2. The van der Waals surface area contributed by atoms with Crippen molar-refractivity contribution in [2.24, 2.45) is 0 Å². The topological polar surface area (TPSA) is 104 Å². The molecule has 0 aliphatic carbocycles. The van der Waals surface area contributed by atoms with Crippen LogP contribution in [0, 0.1) is 0 Å². The number of para-hydroxylation sites is 1. The molecule has 1 unspecified atom stereocenters. The minimum Gasteiger partial charge on any atom is -0.361 e. The molecule has 2 aromatic heterocycles. The molecule has 3 N–H and O–H groups in total. The van der Waals surface area contributed by atoms with Gasteiger partial charge in [0.25, 0.3) is 0 Å². The van der Waals surface area contributed by atoms with Gasteiger partial charge in [-0.05, 0) is 59.8 Å². The number of carbonyl (C=O) groups excluding carboxylic acids is 1. The molecule has 41 heavy (non-hydrogen) atoms. The van der Waals surface area contributed by atoms with E-state index in [1.807, 2.05) is 23.0 Å². The Morgan fingerprint density at radius 3 is 2.44 bits per heavy atom. The summed E-state index contributed by atoms with van der Waals surface area (Å²) in [7, 11) is 0. The first kappa shape index (κ1) is 27.6. The second-order valence-corrected chi connectivity index (χ2v) is 11.7. The van der Waals surface area contributed by atoms with E-state index in [0.717, 1.165) is 80.6 Å². The Labute approximate surface area is 242 Å². The van der Waals surface area contributed by atoms with E-state index in [9.17, 15) is 4.79 Å². The van der Waals surface area contributed by atoms with Crippen molar-refractivity contribution in [3.63, 3.8) is 0 Å². The molecule has 2 aromatic carbocycles. The smallest absolute Gasteiger partial charge is 0.245 e. The SMILES string of the molecule is O=C1NCCCCCCCCNC2(CCN(Cc3ccccc3)CC2)c2nnnn2C1Cc1c[nH]c2ccccc12. The lowest BCUT2D eigenvalue weighted by molar-refractivity contribution is -0.124. The molecule has 1 saturated heterocycles. The molecule has 1 atom stereocenters. The van der Waals surface area contributed by atoms with Gasteiger partial charge in [-0.2, -0.15) is 0 Å². The first-order valence-electron chi connectivity index (χ1n) is 15.3. The summed E-state index contributed by atoms with van der Waals surface area (Å²) < 4.78 is 1.83. The maximum Gasteiger partial charge on any atom is 0.245 e. The predicted octanol–water partition coefficient (Wildman–Crippen LogP) is 4.49. The number of rotatable bonds is 4. The standard InChI is InChI=1S/C32H42N8O/c41-30-29(22-26-23-34-28-15-9-8-14-27(26)28)40-31(36-37-38-40)32(35-19-11-4-2-1-3-10-18-33-30)16-20-39(21-17-32)24-25-12-6-5-7-13-25/h5-9,12-15,23,29,34-35H,1-4,10-11,16-22,24H2,(H,33,41). The van der Waals surface area contributed by atoms with Crippen LogP contribution in [0.5, 0.6) is 0 Å². The van der Waals surface area contributed by atoms with Crippen molar-refractivity contribution in [2.75, 3.05) is 26.2 Å². The first-order valence-corrected chi connectivity index (χ1v) is 15.3. The number of nitrogens with zero attached hydrogens (tertiary/aromatic N) is 5. The molecular weight excluding hydrogens is 512 g/mol. The Hall–Kier alpha value is -3.56. The van der Waals surface area contributed by atoms with Crippen LogP contribution >= 0.6 is 0 Å². The van der Waals surface area contributed by atoms with Gasteiger partial charge in [0.1, 0.15) is 6.04 Å². The lowest BCUT2D eigenvalue weighted by Gasteiger charge is -2.42. The molecule has 4 heterocycles. The van der Waals surface area contributed by atoms with Crippen molar-refractivity contribution >= 4 is 16.8 Å². The van der Waals surface area contributed by atoms with Gasteiger partial charge >= 0.3 is 0 Å². The second-order valence-electron chi connectivity index (χ2n) is 11.7. The van der Waals surface area contributed by atoms with Crippen molar-refractivity contribution in [3.8, 4) is 0 Å². The van der Waals surface area contributed by atoms with Crippen molar-refractivity contribution in [3.05, 3.63) is 77.7 Å². The third kappa shape index (κ3) is 6.36. The van der Waals surface area contributed by atoms with Crippen molar-refractivity contribution in [2.45, 2.75) is 75.9 Å². The molecule has 0 saturated carbocycles. The van der Waals surface area contributed by atoms with E-state index in [1.165, 1.54) is 24.8 Å². The highest BCUT2D eigenvalue weighted by Crippen LogP contribution is 2.34. The number of benzene rings is 2. The first-order chi connectivity index (χ1) is 20.2. The Kier molecular flexibility index (Phi) is 8.72. The van der Waals surface area contributed by atoms with Crippen LogP contribution < -0.4 is 10.6 Å². The van der Waals surface area contributed by atoms with E-state index in [4.69, 9.17) is 0 Å². The highest BCUT2D eigenvalue weighted by molar-refractivity contribution is 5.85. The third-order valence-corrected chi connectivity index (χ3v) is 8.93. The number of H-pyrrole nitrogens is 1. The van der Waals surface area contributed by atoms with E-state index in [-0.39, 0.29) is 11.4 Å². The Morgan fingerprint density at radius 1 is 0.878 bits per heavy atom. The zero-order chi connectivity index (χ0) is 27.9. The van der Waals surface area contributed by atoms with Crippen LogP contribution in [0.25, 0.3) is 10.9 Å². The summed E-state index contributed by atoms with van der Waals surface area (Å²) in [6.45, 7) is 4.42. The summed E-state index contributed by atoms with van der Waals surface area (Å²) in [4.78, 5) is 19.7. The number of amides is 1. The summed E-state index contributed by atoms with van der Waals surface area (Å²) in [6.07, 6.45) is 11.2. The number of hydrogen-bond acceptors (Lipinski definition) is 6. The Bertz CT molecular complexity index is 1410. The largest absolute Gasteiger partial charge is 0.361 e. The Balaban J connectivity index is 1.31. The number of aromatic amines is 1. The van der Waals surface area contributed by atoms with Crippen molar-refractivity contribution in [1.82, 2.24) is 40.7 Å². The van der Waals surface area contributed by atoms with Crippen LogP contribution in [-0.4, -0.2) is 62.2 Å². The van der Waals surface area contributed by atoms with Crippen molar-refractivity contribution < 1.29 is 4.79 Å². The zero-order valence-corrected chi connectivity index (χ0v) is 23.9. The summed E-state index contributed by atoms with van der Waals surface area (Å²) >= 11 is 0. The summed E-state index contributed by atoms with van der Waals surface area (Å²) in [5, 5.41) is 21.6. The van der Waals surface area contributed by atoms with Crippen LogP contribution in [0.1, 0.15) is 74.4 Å². The molecule has 0 bridgehead atoms. The van der Waals surface area contributed by atoms with E-state index < -0.39 is 6.04 Å². The molecule has 0 radical (unpaired) electrons. The Morgan fingerprint density at radius 2 is 1.61 bits per heavy atom. The monoisotopic (exact) mass is 554 g/mol. The van der Waals surface area contributed by atoms with Crippen LogP contribution in [0.2, 0.25) is 0 Å². The van der Waals surface area contributed by atoms with E-state index >= 15 is 0 Å². The number of fused-ring (bicyclic) bond motifs is 3. The van der Waals surface area contributed by atoms with Crippen molar-refractivity contribution in [1.29, 1.82) is 0 Å². The van der Waals surface area contributed by atoms with Gasteiger partial charge in [0, 0.05) is 49.7 Å². The minimum absolute atomic E-state index is 0.0182. The third-order valence-electron chi connectivity index (χ3n) is 8.93. The maximum atomic E-state index is 13.8. The molecule has 2 aliphatic rings. The minimum atomic E-state index is -0.537. The van der Waals surface area contributed by atoms with E-state index in [0.29, 0.717) is 13.0 Å². The number of aromatic nitrogens is 5. The molecule has 4 aromatic rings. The van der Waals surface area contributed by atoms with Gasteiger partial charge in [-0.15, -0.1) is 5.10 Å². The molecular formula is C32H42N8O. The molecule has 6 rings (SSSR count). The lowest BCUT2D eigenvalue weighted by atomic mass is 9.85. The second kappa shape index (κ2) is 13.0. The molecule has 1 fully saturated rings. The number of tetrazole rings is 1. The van der Waals surface area contributed by atoms with Gasteiger partial charge in [-0.1, -0.05) is 74.2 Å². The zero-order valence-electron chi connectivity index (χ0n) is 23.9. The van der Waals surface area contributed by atoms with Crippen LogP contribution in [0.15, 0.2) is 60.8 Å². The highest BCUT2D eigenvalue weighted by atomic mass is 16.2. The fourth-order valence-electron chi connectivity index (χ4n) is 6.55. The average Bonchev–Trinajstić information content (AvgIpc) is 3.66. The number of piperidine rings is 1. The molecule has 216 valence electrons. The number of hydrogen-bond donors (Lipinski definition) is 3. The quantitative estimate of drug-likeness (QED) is 0.344. The number of likely N-dealkylation sites (tertiary alicyclic amines) is 1. The van der Waals surface area contributed by atoms with Crippen LogP contribution in [-0.2, 0) is 23.3 Å². The number of carbonyl (C=O) groups is 1. The molecule has 9 heteroatoms. The fraction of sp³-hybridized carbons (Fsp3) is 0.500. The molecule has 2 aliphatic heterocycles. The van der Waals surface area contributed by atoms with Gasteiger partial charge in [-0.25, -0.2) is 4.68 Å². The fourth-order valence-corrected chi connectivity index (χ4v) is 6.55.